The predicted octanol–water partition coefficient (Wildman–Crippen LogP) is 3.97. The second kappa shape index (κ2) is 8.62. The Labute approximate surface area is 173 Å². The van der Waals surface area contributed by atoms with Crippen LogP contribution in [0.4, 0.5) is 10.8 Å². The number of sulfonamides is 1. The summed E-state index contributed by atoms with van der Waals surface area (Å²) in [6.45, 7) is 5.58. The number of aromatic nitrogens is 1. The van der Waals surface area contributed by atoms with E-state index in [1.807, 2.05) is 32.0 Å². The quantitative estimate of drug-likeness (QED) is 0.590. The number of rotatable bonds is 7. The number of hydrogen-bond donors (Lipinski definition) is 2. The highest BCUT2D eigenvalue weighted by Gasteiger charge is 2.18. The Morgan fingerprint density at radius 3 is 2.34 bits per heavy atom. The Balaban J connectivity index is 1.63. The Hall–Kier alpha value is -2.91. The van der Waals surface area contributed by atoms with Crippen molar-refractivity contribution in [2.24, 2.45) is 0 Å². The van der Waals surface area contributed by atoms with E-state index in [0.29, 0.717) is 16.6 Å². The molecule has 0 fully saturated rings. The number of nitrogens with zero attached hydrogens (tertiary/aromatic N) is 1. The molecule has 1 atom stereocenters. The fourth-order valence-electron chi connectivity index (χ4n) is 2.67. The zero-order valence-electron chi connectivity index (χ0n) is 16.2. The van der Waals surface area contributed by atoms with Crippen LogP contribution in [-0.4, -0.2) is 25.4 Å². The number of thiazole rings is 1. The molecule has 152 valence electrons. The summed E-state index contributed by atoms with van der Waals surface area (Å²) < 4.78 is 32.8. The maximum atomic E-state index is 12.4. The molecular weight excluding hydrogens is 410 g/mol. The Kier molecular flexibility index (Phi) is 6.19. The Morgan fingerprint density at radius 1 is 1.10 bits per heavy atom. The topological polar surface area (TPSA) is 97.4 Å². The molecule has 0 spiro atoms. The largest absolute Gasteiger partial charge is 0.481 e. The summed E-state index contributed by atoms with van der Waals surface area (Å²) in [5.74, 6) is 0.292. The normalized spacial score (nSPS) is 12.2. The number of ether oxygens (including phenoxy) is 1. The van der Waals surface area contributed by atoms with Gasteiger partial charge in [0.25, 0.3) is 15.9 Å². The van der Waals surface area contributed by atoms with Gasteiger partial charge in [0.2, 0.25) is 0 Å². The van der Waals surface area contributed by atoms with Crippen LogP contribution in [0.15, 0.2) is 58.9 Å². The van der Waals surface area contributed by atoms with E-state index >= 15 is 0 Å². The molecule has 0 saturated heterocycles. The maximum absolute atomic E-state index is 12.4. The first-order chi connectivity index (χ1) is 13.7. The van der Waals surface area contributed by atoms with Gasteiger partial charge in [0.1, 0.15) is 5.75 Å². The minimum absolute atomic E-state index is 0.0743. The lowest BCUT2D eigenvalue weighted by atomic mass is 10.1. The standard InChI is InChI=1S/C20H21N3O4S2/c1-13-10-14(2)12-17(11-13)27-15(3)19(24)22-16-4-6-18(7-5-16)29(25,26)23-20-21-8-9-28-20/h4-12,15H,1-3H3,(H,21,23)(H,22,24)/t15-/m0/s1. The molecule has 1 amide bonds. The molecule has 0 aliphatic heterocycles. The summed E-state index contributed by atoms with van der Waals surface area (Å²) >= 11 is 1.19. The van der Waals surface area contributed by atoms with Gasteiger partial charge < -0.3 is 10.1 Å². The average Bonchev–Trinajstić information content (AvgIpc) is 3.13. The minimum Gasteiger partial charge on any atom is -0.481 e. The monoisotopic (exact) mass is 431 g/mol. The van der Waals surface area contributed by atoms with Gasteiger partial charge in [0, 0.05) is 17.3 Å². The first kappa shape index (κ1) is 20.8. The van der Waals surface area contributed by atoms with Gasteiger partial charge in [-0.05, 0) is 68.3 Å². The summed E-state index contributed by atoms with van der Waals surface area (Å²) in [6.07, 6.45) is 0.800. The number of amides is 1. The molecule has 0 saturated carbocycles. The van der Waals surface area contributed by atoms with Crippen LogP contribution in [0.5, 0.6) is 5.75 Å². The summed E-state index contributed by atoms with van der Waals surface area (Å²) in [5.41, 5.74) is 2.57. The molecule has 29 heavy (non-hydrogen) atoms. The van der Waals surface area contributed by atoms with Crippen LogP contribution in [-0.2, 0) is 14.8 Å². The van der Waals surface area contributed by atoms with Gasteiger partial charge in [-0.15, -0.1) is 11.3 Å². The molecule has 9 heteroatoms. The van der Waals surface area contributed by atoms with Crippen LogP contribution >= 0.6 is 11.3 Å². The minimum atomic E-state index is -3.73. The lowest BCUT2D eigenvalue weighted by Crippen LogP contribution is -2.30. The highest BCUT2D eigenvalue weighted by molar-refractivity contribution is 7.93. The molecule has 0 radical (unpaired) electrons. The number of nitrogens with one attached hydrogen (secondary N) is 2. The first-order valence-corrected chi connectivity index (χ1v) is 11.2. The SMILES string of the molecule is Cc1cc(C)cc(O[C@@H](C)C(=O)Nc2ccc(S(=O)(=O)Nc3nccs3)cc2)c1. The highest BCUT2D eigenvalue weighted by atomic mass is 32.2. The van der Waals surface area contributed by atoms with E-state index in [1.54, 1.807) is 12.3 Å². The van der Waals surface area contributed by atoms with E-state index in [9.17, 15) is 13.2 Å². The zero-order chi connectivity index (χ0) is 21.0. The molecule has 0 aliphatic rings. The van der Waals surface area contributed by atoms with Crippen LogP contribution in [0.25, 0.3) is 0 Å². The molecule has 3 rings (SSSR count). The van der Waals surface area contributed by atoms with Crippen LogP contribution < -0.4 is 14.8 Å². The molecule has 1 aromatic heterocycles. The fraction of sp³-hybridized carbons (Fsp3) is 0.200. The molecule has 0 aliphatic carbocycles. The van der Waals surface area contributed by atoms with Crippen LogP contribution in [0.3, 0.4) is 0 Å². The van der Waals surface area contributed by atoms with Gasteiger partial charge in [-0.1, -0.05) is 6.07 Å². The first-order valence-electron chi connectivity index (χ1n) is 8.81. The molecule has 2 N–H and O–H groups in total. The van der Waals surface area contributed by atoms with Crippen molar-refractivity contribution in [2.45, 2.75) is 31.8 Å². The van der Waals surface area contributed by atoms with Crippen LogP contribution in [0.1, 0.15) is 18.1 Å². The second-order valence-electron chi connectivity index (χ2n) is 6.54. The third kappa shape index (κ3) is 5.55. The molecule has 1 heterocycles. The van der Waals surface area contributed by atoms with Crippen molar-refractivity contribution in [2.75, 3.05) is 10.0 Å². The molecule has 3 aromatic rings. The lowest BCUT2D eigenvalue weighted by molar-refractivity contribution is -0.122. The fourth-order valence-corrected chi connectivity index (χ4v) is 4.46. The number of anilines is 2. The maximum Gasteiger partial charge on any atom is 0.265 e. The number of carbonyl (C=O) groups excluding carboxylic acids is 1. The van der Waals surface area contributed by atoms with Crippen molar-refractivity contribution in [3.63, 3.8) is 0 Å². The van der Waals surface area contributed by atoms with Crippen molar-refractivity contribution in [1.29, 1.82) is 0 Å². The Bertz CT molecular complexity index is 1080. The highest BCUT2D eigenvalue weighted by Crippen LogP contribution is 2.21. The van der Waals surface area contributed by atoms with E-state index in [-0.39, 0.29) is 10.8 Å². The zero-order valence-corrected chi connectivity index (χ0v) is 17.8. The van der Waals surface area contributed by atoms with Gasteiger partial charge in [-0.3, -0.25) is 9.52 Å². The molecule has 7 nitrogen and oxygen atoms in total. The van der Waals surface area contributed by atoms with E-state index in [2.05, 4.69) is 15.0 Å². The van der Waals surface area contributed by atoms with Crippen LogP contribution in [0, 0.1) is 13.8 Å². The van der Waals surface area contributed by atoms with Gasteiger partial charge in [0.15, 0.2) is 11.2 Å². The van der Waals surface area contributed by atoms with Crippen molar-refractivity contribution in [3.05, 3.63) is 65.2 Å². The summed E-state index contributed by atoms with van der Waals surface area (Å²) in [6, 6.07) is 11.6. The van der Waals surface area contributed by atoms with Crippen molar-refractivity contribution >= 4 is 38.1 Å². The summed E-state index contributed by atoms with van der Waals surface area (Å²) in [5, 5.41) is 4.70. The predicted molar refractivity (Wildman–Crippen MR) is 114 cm³/mol. The Morgan fingerprint density at radius 2 is 1.76 bits per heavy atom. The third-order valence-electron chi connectivity index (χ3n) is 3.96. The van der Waals surface area contributed by atoms with Crippen molar-refractivity contribution < 1.29 is 17.9 Å². The van der Waals surface area contributed by atoms with Gasteiger partial charge >= 0.3 is 0 Å². The average molecular weight is 432 g/mol. The van der Waals surface area contributed by atoms with Crippen molar-refractivity contribution in [1.82, 2.24) is 4.98 Å². The summed E-state index contributed by atoms with van der Waals surface area (Å²) in [7, 11) is -3.73. The number of aryl methyl sites for hydroxylation is 2. The molecular formula is C20H21N3O4S2. The van der Waals surface area contributed by atoms with Gasteiger partial charge in [0.05, 0.1) is 4.90 Å². The van der Waals surface area contributed by atoms with E-state index in [4.69, 9.17) is 4.74 Å². The molecule has 0 unspecified atom stereocenters. The molecule has 0 bridgehead atoms. The van der Waals surface area contributed by atoms with E-state index < -0.39 is 16.1 Å². The number of benzene rings is 2. The van der Waals surface area contributed by atoms with Gasteiger partial charge in [-0.2, -0.15) is 0 Å². The lowest BCUT2D eigenvalue weighted by Gasteiger charge is -2.16. The summed E-state index contributed by atoms with van der Waals surface area (Å²) in [4.78, 5) is 16.4. The van der Waals surface area contributed by atoms with Crippen molar-refractivity contribution in [3.8, 4) is 5.75 Å². The second-order valence-corrected chi connectivity index (χ2v) is 9.12. The van der Waals surface area contributed by atoms with Gasteiger partial charge in [-0.25, -0.2) is 13.4 Å². The number of hydrogen-bond acceptors (Lipinski definition) is 6. The third-order valence-corrected chi connectivity index (χ3v) is 6.14. The number of carbonyl (C=O) groups is 1. The van der Waals surface area contributed by atoms with E-state index in [0.717, 1.165) is 11.1 Å². The molecule has 2 aromatic carbocycles. The van der Waals surface area contributed by atoms with Crippen LogP contribution in [0.2, 0.25) is 0 Å². The van der Waals surface area contributed by atoms with E-state index in [1.165, 1.54) is 41.8 Å². The smallest absolute Gasteiger partial charge is 0.265 e.